The fourth-order valence-corrected chi connectivity index (χ4v) is 1.66. The van der Waals surface area contributed by atoms with Gasteiger partial charge in [0.05, 0.1) is 46.2 Å². The minimum atomic E-state index is -0.382. The van der Waals surface area contributed by atoms with Gasteiger partial charge in [-0.3, -0.25) is 0 Å². The molecule has 0 N–H and O–H groups in total. The van der Waals surface area contributed by atoms with Gasteiger partial charge in [-0.25, -0.2) is 4.79 Å². The van der Waals surface area contributed by atoms with Crippen LogP contribution in [0.3, 0.4) is 0 Å². The van der Waals surface area contributed by atoms with Gasteiger partial charge in [0.25, 0.3) is 0 Å². The number of hydrogen-bond acceptors (Lipinski definition) is 6. The Morgan fingerprint density at radius 2 is 1.38 bits per heavy atom. The lowest BCUT2D eigenvalue weighted by Crippen LogP contribution is -2.13. The lowest BCUT2D eigenvalue weighted by Gasteiger charge is -2.06. The summed E-state index contributed by atoms with van der Waals surface area (Å²) in [5.74, 6) is -0.382. The molecule has 1 aromatic rings. The second-order valence-corrected chi connectivity index (χ2v) is 4.74. The zero-order chi connectivity index (χ0) is 17.3. The number of hydrogen-bond donors (Lipinski definition) is 0. The summed E-state index contributed by atoms with van der Waals surface area (Å²) in [5.41, 5.74) is 0.953. The number of ether oxygens (including phenoxy) is 5. The molecule has 0 amide bonds. The van der Waals surface area contributed by atoms with E-state index in [0.717, 1.165) is 5.56 Å². The van der Waals surface area contributed by atoms with Gasteiger partial charge in [-0.15, -0.1) is 0 Å². The fraction of sp³-hybridized carbons (Fsp3) is 0.500. The van der Waals surface area contributed by atoms with Crippen LogP contribution in [0.1, 0.15) is 5.56 Å². The predicted octanol–water partition coefficient (Wildman–Crippen LogP) is 1.94. The molecule has 0 spiro atoms. The van der Waals surface area contributed by atoms with Crippen molar-refractivity contribution in [3.05, 3.63) is 42.0 Å². The van der Waals surface area contributed by atoms with Crippen molar-refractivity contribution in [2.24, 2.45) is 0 Å². The van der Waals surface area contributed by atoms with E-state index in [1.165, 1.54) is 6.08 Å². The quantitative estimate of drug-likeness (QED) is 0.293. The van der Waals surface area contributed by atoms with Crippen molar-refractivity contribution in [1.82, 2.24) is 0 Å². The molecule has 6 nitrogen and oxygen atoms in total. The summed E-state index contributed by atoms with van der Waals surface area (Å²) < 4.78 is 25.7. The number of carbonyl (C=O) groups is 1. The molecule has 0 radical (unpaired) electrons. The van der Waals surface area contributed by atoms with Gasteiger partial charge in [0, 0.05) is 13.2 Å². The van der Waals surface area contributed by atoms with E-state index >= 15 is 0 Å². The summed E-state index contributed by atoms with van der Waals surface area (Å²) >= 11 is 0. The van der Waals surface area contributed by atoms with Crippen LogP contribution in [0.25, 0.3) is 6.08 Å². The third-order valence-electron chi connectivity index (χ3n) is 2.86. The average molecular weight is 338 g/mol. The largest absolute Gasteiger partial charge is 0.460 e. The molecule has 0 bridgehead atoms. The van der Waals surface area contributed by atoms with Gasteiger partial charge in [-0.05, 0) is 11.6 Å². The number of esters is 1. The molecule has 24 heavy (non-hydrogen) atoms. The normalized spacial score (nSPS) is 11.0. The molecule has 0 saturated heterocycles. The molecule has 0 unspecified atom stereocenters. The lowest BCUT2D eigenvalue weighted by molar-refractivity contribution is -0.139. The van der Waals surface area contributed by atoms with Crippen LogP contribution in [-0.4, -0.2) is 65.9 Å². The van der Waals surface area contributed by atoms with Gasteiger partial charge < -0.3 is 23.7 Å². The van der Waals surface area contributed by atoms with Gasteiger partial charge in [-0.1, -0.05) is 30.3 Å². The molecule has 0 saturated carbocycles. The summed E-state index contributed by atoms with van der Waals surface area (Å²) in [6.45, 7) is 3.71. The second-order valence-electron chi connectivity index (χ2n) is 4.74. The number of carbonyl (C=O) groups excluding carboxylic acids is 1. The van der Waals surface area contributed by atoms with Crippen molar-refractivity contribution >= 4 is 12.0 Å². The van der Waals surface area contributed by atoms with E-state index in [2.05, 4.69) is 0 Å². The topological polar surface area (TPSA) is 63.2 Å². The molecular formula is C18H26O6. The molecule has 1 aromatic carbocycles. The molecule has 134 valence electrons. The van der Waals surface area contributed by atoms with Crippen LogP contribution in [0.4, 0.5) is 0 Å². The van der Waals surface area contributed by atoms with E-state index in [-0.39, 0.29) is 12.6 Å². The molecule has 0 atom stereocenters. The summed E-state index contributed by atoms with van der Waals surface area (Å²) in [5, 5.41) is 0. The Hall–Kier alpha value is -1.73. The van der Waals surface area contributed by atoms with Crippen molar-refractivity contribution in [2.45, 2.75) is 0 Å². The predicted molar refractivity (Wildman–Crippen MR) is 90.8 cm³/mol. The van der Waals surface area contributed by atoms with E-state index in [1.807, 2.05) is 30.3 Å². The lowest BCUT2D eigenvalue weighted by atomic mass is 10.2. The van der Waals surface area contributed by atoms with E-state index < -0.39 is 0 Å². The highest BCUT2D eigenvalue weighted by atomic mass is 16.6. The first-order chi connectivity index (χ1) is 11.8. The maximum Gasteiger partial charge on any atom is 0.330 e. The summed E-state index contributed by atoms with van der Waals surface area (Å²) in [6.07, 6.45) is 3.12. The average Bonchev–Trinajstić information content (AvgIpc) is 2.62. The van der Waals surface area contributed by atoms with Crippen molar-refractivity contribution in [3.8, 4) is 0 Å². The fourth-order valence-electron chi connectivity index (χ4n) is 1.66. The number of benzene rings is 1. The first kappa shape index (κ1) is 20.3. The molecule has 0 aromatic heterocycles. The molecule has 0 heterocycles. The summed E-state index contributed by atoms with van der Waals surface area (Å²) in [7, 11) is 1.63. The maximum atomic E-state index is 11.5. The zero-order valence-electron chi connectivity index (χ0n) is 14.1. The van der Waals surface area contributed by atoms with Gasteiger partial charge >= 0.3 is 5.97 Å². The van der Waals surface area contributed by atoms with Crippen LogP contribution in [0.15, 0.2) is 36.4 Å². The maximum absolute atomic E-state index is 11.5. The third kappa shape index (κ3) is 11.8. The Kier molecular flexibility index (Phi) is 12.6. The van der Waals surface area contributed by atoms with Crippen LogP contribution in [0, 0.1) is 0 Å². The van der Waals surface area contributed by atoms with Crippen LogP contribution >= 0.6 is 0 Å². The highest BCUT2D eigenvalue weighted by molar-refractivity contribution is 5.86. The van der Waals surface area contributed by atoms with E-state index in [9.17, 15) is 4.79 Å². The van der Waals surface area contributed by atoms with Crippen molar-refractivity contribution in [2.75, 3.05) is 60.0 Å². The van der Waals surface area contributed by atoms with Crippen LogP contribution < -0.4 is 0 Å². The Morgan fingerprint density at radius 3 is 1.96 bits per heavy atom. The Morgan fingerprint density at radius 1 is 0.833 bits per heavy atom. The minimum absolute atomic E-state index is 0.220. The first-order valence-corrected chi connectivity index (χ1v) is 7.95. The third-order valence-corrected chi connectivity index (χ3v) is 2.86. The van der Waals surface area contributed by atoms with Crippen LogP contribution in [0.5, 0.6) is 0 Å². The zero-order valence-corrected chi connectivity index (χ0v) is 14.1. The van der Waals surface area contributed by atoms with Crippen molar-refractivity contribution < 1.29 is 28.5 Å². The van der Waals surface area contributed by atoms with Gasteiger partial charge in [-0.2, -0.15) is 0 Å². The number of rotatable bonds is 14. The molecule has 1 rings (SSSR count). The van der Waals surface area contributed by atoms with E-state index in [4.69, 9.17) is 23.7 Å². The Labute approximate surface area is 143 Å². The van der Waals surface area contributed by atoms with E-state index in [0.29, 0.717) is 46.2 Å². The SMILES string of the molecule is COCCOCCOCCOCCOC(=O)/C=C/c1ccccc1. The Bertz CT molecular complexity index is 446. The molecule has 6 heteroatoms. The van der Waals surface area contributed by atoms with Crippen LogP contribution in [-0.2, 0) is 28.5 Å². The number of methoxy groups -OCH3 is 1. The molecule has 0 fully saturated rings. The highest BCUT2D eigenvalue weighted by Gasteiger charge is 1.97. The monoisotopic (exact) mass is 338 g/mol. The first-order valence-electron chi connectivity index (χ1n) is 7.95. The minimum Gasteiger partial charge on any atom is -0.460 e. The van der Waals surface area contributed by atoms with Crippen molar-refractivity contribution in [3.63, 3.8) is 0 Å². The molecule has 0 aliphatic rings. The standard InChI is InChI=1S/C18H26O6/c1-20-9-10-21-11-12-22-13-14-23-15-16-24-18(19)8-7-17-5-3-2-4-6-17/h2-8H,9-16H2,1H3/b8-7+. The van der Waals surface area contributed by atoms with E-state index in [1.54, 1.807) is 13.2 Å². The van der Waals surface area contributed by atoms with Gasteiger partial charge in [0.1, 0.15) is 6.61 Å². The Balaban J connectivity index is 1.88. The summed E-state index contributed by atoms with van der Waals surface area (Å²) in [4.78, 5) is 11.5. The van der Waals surface area contributed by atoms with Gasteiger partial charge in [0.2, 0.25) is 0 Å². The van der Waals surface area contributed by atoms with Gasteiger partial charge in [0.15, 0.2) is 0 Å². The summed E-state index contributed by atoms with van der Waals surface area (Å²) in [6, 6.07) is 9.57. The smallest absolute Gasteiger partial charge is 0.330 e. The molecule has 0 aliphatic carbocycles. The highest BCUT2D eigenvalue weighted by Crippen LogP contribution is 2.00. The van der Waals surface area contributed by atoms with Crippen molar-refractivity contribution in [1.29, 1.82) is 0 Å². The second kappa shape index (κ2) is 14.8. The molecule has 0 aliphatic heterocycles. The van der Waals surface area contributed by atoms with Crippen LogP contribution in [0.2, 0.25) is 0 Å². The molecular weight excluding hydrogens is 312 g/mol.